The van der Waals surface area contributed by atoms with Gasteiger partial charge >= 0.3 is 0 Å². The minimum atomic E-state index is -0.167. The molecule has 2 heterocycles. The van der Waals surface area contributed by atoms with Crippen LogP contribution < -0.4 is 5.32 Å². The highest BCUT2D eigenvalue weighted by Gasteiger charge is 2.12. The summed E-state index contributed by atoms with van der Waals surface area (Å²) in [6.07, 6.45) is 0. The number of anilines is 1. The average molecular weight is 403 g/mol. The number of fused-ring (bicyclic) bond motifs is 2. The van der Waals surface area contributed by atoms with Gasteiger partial charge in [0.25, 0.3) is 5.91 Å². The van der Waals surface area contributed by atoms with E-state index in [1.165, 1.54) is 0 Å². The molecule has 0 saturated carbocycles. The van der Waals surface area contributed by atoms with E-state index in [4.69, 9.17) is 4.98 Å². The molecule has 0 saturated heterocycles. The molecule has 1 amide bonds. The molecule has 0 aliphatic rings. The van der Waals surface area contributed by atoms with E-state index in [2.05, 4.69) is 20.1 Å². The lowest BCUT2D eigenvalue weighted by Crippen LogP contribution is -2.12. The summed E-state index contributed by atoms with van der Waals surface area (Å²) in [6, 6.07) is 19.5. The van der Waals surface area contributed by atoms with Crippen LogP contribution in [0.15, 0.2) is 60.7 Å². The molecule has 5 nitrogen and oxygen atoms in total. The Kier molecular flexibility index (Phi) is 4.11. The molecule has 0 spiro atoms. The Bertz CT molecular complexity index is 1310. The van der Waals surface area contributed by atoms with Gasteiger partial charge in [0.15, 0.2) is 0 Å². The van der Waals surface area contributed by atoms with Crippen LogP contribution in [0.1, 0.15) is 15.9 Å². The van der Waals surface area contributed by atoms with Crippen molar-refractivity contribution < 1.29 is 4.79 Å². The maximum atomic E-state index is 12.8. The number of benzene rings is 3. The van der Waals surface area contributed by atoms with Gasteiger partial charge in [-0.2, -0.15) is 8.75 Å². The number of nitrogens with one attached hydrogen (secondary N) is 1. The van der Waals surface area contributed by atoms with Gasteiger partial charge in [0.1, 0.15) is 16.0 Å². The first-order valence-electron chi connectivity index (χ1n) is 8.68. The summed E-state index contributed by atoms with van der Waals surface area (Å²) in [5.74, 6) is -0.167. The molecule has 0 radical (unpaired) electrons. The highest BCUT2D eigenvalue weighted by atomic mass is 32.1. The zero-order valence-electron chi connectivity index (χ0n) is 14.8. The van der Waals surface area contributed by atoms with Crippen LogP contribution in [0.4, 0.5) is 5.69 Å². The Labute approximate surface area is 169 Å². The number of hydrogen-bond acceptors (Lipinski definition) is 6. The summed E-state index contributed by atoms with van der Waals surface area (Å²) < 4.78 is 9.53. The fraction of sp³-hybridized carbons (Fsp3) is 0.0476. The standard InChI is InChI=1S/C21H14N4OS2/c1-12-6-7-14(21-23-16-4-2-3-5-19(16)27-21)11-17(12)22-20(26)13-8-9-15-18(10-13)25-28-24-15/h2-11H,1H3,(H,22,26). The predicted octanol–water partition coefficient (Wildman–Crippen LogP) is 5.53. The second-order valence-corrected chi connectivity index (χ2v) is 8.00. The van der Waals surface area contributed by atoms with Crippen molar-refractivity contribution in [3.63, 3.8) is 0 Å². The van der Waals surface area contributed by atoms with E-state index in [-0.39, 0.29) is 5.91 Å². The zero-order chi connectivity index (χ0) is 19.1. The minimum absolute atomic E-state index is 0.167. The molecule has 136 valence electrons. The molecule has 0 unspecified atom stereocenters. The average Bonchev–Trinajstić information content (AvgIpc) is 3.35. The molecule has 0 aliphatic carbocycles. The molecule has 5 rings (SSSR count). The SMILES string of the molecule is Cc1ccc(-c2nc3ccccc3s2)cc1NC(=O)c1ccc2nsnc2c1. The predicted molar refractivity (Wildman–Crippen MR) is 115 cm³/mol. The van der Waals surface area contributed by atoms with Crippen molar-refractivity contribution in [2.75, 3.05) is 5.32 Å². The number of nitrogens with zero attached hydrogens (tertiary/aromatic N) is 3. The van der Waals surface area contributed by atoms with Gasteiger partial charge in [-0.15, -0.1) is 11.3 Å². The van der Waals surface area contributed by atoms with Crippen molar-refractivity contribution in [3.05, 3.63) is 71.8 Å². The van der Waals surface area contributed by atoms with Crippen molar-refractivity contribution in [2.24, 2.45) is 0 Å². The van der Waals surface area contributed by atoms with E-state index in [0.717, 1.165) is 54.8 Å². The molecule has 5 aromatic rings. The van der Waals surface area contributed by atoms with E-state index >= 15 is 0 Å². The van der Waals surface area contributed by atoms with Crippen LogP contribution in [0.3, 0.4) is 0 Å². The van der Waals surface area contributed by atoms with Crippen LogP contribution in [0.2, 0.25) is 0 Å². The topological polar surface area (TPSA) is 67.8 Å². The Balaban J connectivity index is 1.47. The lowest BCUT2D eigenvalue weighted by atomic mass is 10.1. The number of thiazole rings is 1. The van der Waals surface area contributed by atoms with Gasteiger partial charge in [-0.3, -0.25) is 4.79 Å². The Morgan fingerprint density at radius 2 is 1.79 bits per heavy atom. The maximum absolute atomic E-state index is 12.8. The third kappa shape index (κ3) is 3.04. The molecule has 0 aliphatic heterocycles. The fourth-order valence-electron chi connectivity index (χ4n) is 3.00. The highest BCUT2D eigenvalue weighted by Crippen LogP contribution is 2.32. The first-order chi connectivity index (χ1) is 13.7. The lowest BCUT2D eigenvalue weighted by Gasteiger charge is -2.10. The number of amides is 1. The van der Waals surface area contributed by atoms with Gasteiger partial charge in [-0.05, 0) is 48.9 Å². The Hall–Kier alpha value is -3.16. The van der Waals surface area contributed by atoms with Crippen molar-refractivity contribution in [2.45, 2.75) is 6.92 Å². The smallest absolute Gasteiger partial charge is 0.255 e. The first-order valence-corrected chi connectivity index (χ1v) is 10.2. The largest absolute Gasteiger partial charge is 0.322 e. The van der Waals surface area contributed by atoms with Crippen LogP contribution in [-0.2, 0) is 0 Å². The monoisotopic (exact) mass is 402 g/mol. The van der Waals surface area contributed by atoms with Crippen LogP contribution >= 0.6 is 23.1 Å². The molecule has 3 aromatic carbocycles. The van der Waals surface area contributed by atoms with Gasteiger partial charge in [0.2, 0.25) is 0 Å². The normalized spacial score (nSPS) is 11.2. The number of carbonyl (C=O) groups excluding carboxylic acids is 1. The van der Waals surface area contributed by atoms with Crippen LogP contribution in [0, 0.1) is 6.92 Å². The summed E-state index contributed by atoms with van der Waals surface area (Å²) in [5, 5.41) is 3.96. The molecule has 0 atom stereocenters. The van der Waals surface area contributed by atoms with Crippen molar-refractivity contribution in [1.29, 1.82) is 0 Å². The molecule has 7 heteroatoms. The van der Waals surface area contributed by atoms with Gasteiger partial charge in [0.05, 0.1) is 21.9 Å². The molecular weight excluding hydrogens is 388 g/mol. The molecule has 0 fully saturated rings. The van der Waals surface area contributed by atoms with Crippen LogP contribution in [0.25, 0.3) is 31.8 Å². The van der Waals surface area contributed by atoms with Crippen molar-refractivity contribution in [3.8, 4) is 10.6 Å². The highest BCUT2D eigenvalue weighted by molar-refractivity contribution is 7.21. The van der Waals surface area contributed by atoms with Crippen LogP contribution in [0.5, 0.6) is 0 Å². The van der Waals surface area contributed by atoms with Crippen LogP contribution in [-0.4, -0.2) is 19.6 Å². The van der Waals surface area contributed by atoms with E-state index in [9.17, 15) is 4.79 Å². The molecule has 0 bridgehead atoms. The maximum Gasteiger partial charge on any atom is 0.255 e. The summed E-state index contributed by atoms with van der Waals surface area (Å²) in [5.41, 5.74) is 5.84. The molecule has 28 heavy (non-hydrogen) atoms. The van der Waals surface area contributed by atoms with Crippen molar-refractivity contribution >= 4 is 55.9 Å². The lowest BCUT2D eigenvalue weighted by molar-refractivity contribution is 0.102. The van der Waals surface area contributed by atoms with E-state index in [1.807, 2.05) is 49.4 Å². The van der Waals surface area contributed by atoms with Gasteiger partial charge in [0, 0.05) is 16.8 Å². The van der Waals surface area contributed by atoms with Gasteiger partial charge < -0.3 is 5.32 Å². The number of hydrogen-bond donors (Lipinski definition) is 1. The fourth-order valence-corrected chi connectivity index (χ4v) is 4.48. The Morgan fingerprint density at radius 1 is 0.929 bits per heavy atom. The first kappa shape index (κ1) is 17.0. The number of para-hydroxylation sites is 1. The van der Waals surface area contributed by atoms with Gasteiger partial charge in [-0.1, -0.05) is 24.3 Å². The summed E-state index contributed by atoms with van der Waals surface area (Å²) in [4.78, 5) is 17.5. The number of aromatic nitrogens is 3. The number of aryl methyl sites for hydroxylation is 1. The molecule has 2 aromatic heterocycles. The quantitative estimate of drug-likeness (QED) is 0.431. The third-order valence-corrected chi connectivity index (χ3v) is 6.18. The number of carbonyl (C=O) groups is 1. The Morgan fingerprint density at radius 3 is 2.68 bits per heavy atom. The van der Waals surface area contributed by atoms with E-state index in [1.54, 1.807) is 23.5 Å². The van der Waals surface area contributed by atoms with E-state index in [0.29, 0.717) is 5.56 Å². The number of rotatable bonds is 3. The molecular formula is C21H14N4OS2. The summed E-state index contributed by atoms with van der Waals surface area (Å²) >= 11 is 2.79. The zero-order valence-corrected chi connectivity index (χ0v) is 16.5. The second kappa shape index (κ2) is 6.78. The van der Waals surface area contributed by atoms with E-state index < -0.39 is 0 Å². The van der Waals surface area contributed by atoms with Crippen molar-refractivity contribution in [1.82, 2.24) is 13.7 Å². The summed E-state index contributed by atoms with van der Waals surface area (Å²) in [6.45, 7) is 1.98. The summed E-state index contributed by atoms with van der Waals surface area (Å²) in [7, 11) is 0. The second-order valence-electron chi connectivity index (χ2n) is 6.44. The minimum Gasteiger partial charge on any atom is -0.322 e. The third-order valence-electron chi connectivity index (χ3n) is 4.54. The molecule has 1 N–H and O–H groups in total. The van der Waals surface area contributed by atoms with Gasteiger partial charge in [-0.25, -0.2) is 4.98 Å².